The summed E-state index contributed by atoms with van der Waals surface area (Å²) >= 11 is 0. The van der Waals surface area contributed by atoms with Crippen LogP contribution in [-0.4, -0.2) is 14.2 Å². The van der Waals surface area contributed by atoms with Crippen LogP contribution in [0.25, 0.3) is 0 Å². The number of ether oxygens (including phenoxy) is 2. The molecule has 2 aromatic carbocycles. The fourth-order valence-corrected chi connectivity index (χ4v) is 2.75. The van der Waals surface area contributed by atoms with Gasteiger partial charge in [-0.25, -0.2) is 0 Å². The predicted molar refractivity (Wildman–Crippen MR) is 88.3 cm³/mol. The van der Waals surface area contributed by atoms with Crippen molar-refractivity contribution in [2.75, 3.05) is 14.2 Å². The van der Waals surface area contributed by atoms with E-state index < -0.39 is 0 Å². The molecular weight excluding hydrogens is 272 g/mol. The van der Waals surface area contributed by atoms with Crippen molar-refractivity contribution in [2.45, 2.75) is 5.92 Å². The van der Waals surface area contributed by atoms with E-state index in [-0.39, 0.29) is 5.92 Å². The van der Waals surface area contributed by atoms with E-state index in [1.165, 1.54) is 17.0 Å². The van der Waals surface area contributed by atoms with E-state index >= 15 is 0 Å². The summed E-state index contributed by atoms with van der Waals surface area (Å²) in [6.45, 7) is 0. The molecule has 2 heteroatoms. The Labute approximate surface area is 133 Å². The maximum atomic E-state index is 5.26. The summed E-state index contributed by atoms with van der Waals surface area (Å²) in [5, 5.41) is 0. The Bertz CT molecular complexity index is 533. The van der Waals surface area contributed by atoms with Crippen molar-refractivity contribution < 1.29 is 9.47 Å². The standard InChI is InChI=1S/C20H19O2/c1-21-18-11-7-16(8-12-18)20(15-5-3-4-6-15)17-9-13-19(22-2)14-10-17/h3-14,20H,1-2H3. The van der Waals surface area contributed by atoms with Gasteiger partial charge in [0.1, 0.15) is 11.5 Å². The first-order valence-electron chi connectivity index (χ1n) is 7.31. The molecular formula is C20H19O2. The second-order valence-corrected chi connectivity index (χ2v) is 5.20. The lowest BCUT2D eigenvalue weighted by atomic mass is 9.80. The lowest BCUT2D eigenvalue weighted by Gasteiger charge is -2.24. The van der Waals surface area contributed by atoms with Crippen molar-refractivity contribution >= 4 is 0 Å². The summed E-state index contributed by atoms with van der Waals surface area (Å²) < 4.78 is 10.5. The van der Waals surface area contributed by atoms with Crippen molar-refractivity contribution in [3.05, 3.63) is 91.3 Å². The van der Waals surface area contributed by atoms with E-state index in [0.717, 1.165) is 11.5 Å². The van der Waals surface area contributed by atoms with E-state index in [1.54, 1.807) is 14.2 Å². The van der Waals surface area contributed by atoms with Gasteiger partial charge in [-0.05, 0) is 67.0 Å². The van der Waals surface area contributed by atoms with Crippen LogP contribution >= 0.6 is 0 Å². The Balaban J connectivity index is 1.94. The normalized spacial score (nSPS) is 15.2. The van der Waals surface area contributed by atoms with E-state index in [2.05, 4.69) is 49.9 Å². The van der Waals surface area contributed by atoms with Crippen LogP contribution < -0.4 is 9.47 Å². The lowest BCUT2D eigenvalue weighted by molar-refractivity contribution is 0.414. The van der Waals surface area contributed by atoms with Crippen LogP contribution in [0.4, 0.5) is 0 Å². The highest BCUT2D eigenvalue weighted by Crippen LogP contribution is 2.42. The molecule has 0 N–H and O–H groups in total. The molecule has 0 aromatic heterocycles. The molecule has 1 aliphatic rings. The molecule has 0 spiro atoms. The van der Waals surface area contributed by atoms with Gasteiger partial charge in [0, 0.05) is 5.92 Å². The van der Waals surface area contributed by atoms with Gasteiger partial charge in [-0.3, -0.25) is 0 Å². The highest BCUT2D eigenvalue weighted by atomic mass is 16.5. The van der Waals surface area contributed by atoms with E-state index in [0.29, 0.717) is 0 Å². The van der Waals surface area contributed by atoms with Gasteiger partial charge in [-0.15, -0.1) is 0 Å². The van der Waals surface area contributed by atoms with Crippen molar-refractivity contribution in [3.8, 4) is 11.5 Å². The van der Waals surface area contributed by atoms with Gasteiger partial charge in [-0.2, -0.15) is 0 Å². The summed E-state index contributed by atoms with van der Waals surface area (Å²) in [6, 6.07) is 16.5. The largest absolute Gasteiger partial charge is 0.497 e. The zero-order valence-corrected chi connectivity index (χ0v) is 12.8. The van der Waals surface area contributed by atoms with Gasteiger partial charge in [0.15, 0.2) is 0 Å². The van der Waals surface area contributed by atoms with Crippen LogP contribution in [-0.2, 0) is 0 Å². The van der Waals surface area contributed by atoms with Crippen LogP contribution in [0, 0.1) is 31.6 Å². The van der Waals surface area contributed by atoms with Crippen molar-refractivity contribution in [1.29, 1.82) is 0 Å². The van der Waals surface area contributed by atoms with Gasteiger partial charge >= 0.3 is 0 Å². The minimum Gasteiger partial charge on any atom is -0.497 e. The SMILES string of the molecule is COc1ccc(C([C]2[CH][CH][CH][CH]2)c2ccc(OC)cc2)cc1. The molecule has 0 heterocycles. The van der Waals surface area contributed by atoms with Gasteiger partial charge in [0.05, 0.1) is 14.2 Å². The van der Waals surface area contributed by atoms with Crippen molar-refractivity contribution in [2.24, 2.45) is 0 Å². The molecule has 0 amide bonds. The monoisotopic (exact) mass is 291 g/mol. The molecule has 2 nitrogen and oxygen atoms in total. The lowest BCUT2D eigenvalue weighted by Crippen LogP contribution is -2.10. The Hall–Kier alpha value is -1.96. The summed E-state index contributed by atoms with van der Waals surface area (Å²) in [7, 11) is 3.38. The van der Waals surface area contributed by atoms with E-state index in [4.69, 9.17) is 9.47 Å². The fraction of sp³-hybridized carbons (Fsp3) is 0.150. The molecule has 0 atom stereocenters. The van der Waals surface area contributed by atoms with Crippen LogP contribution in [0.2, 0.25) is 0 Å². The molecule has 0 unspecified atom stereocenters. The first kappa shape index (κ1) is 15.0. The Kier molecular flexibility index (Phi) is 4.67. The fourth-order valence-electron chi connectivity index (χ4n) is 2.75. The third-order valence-electron chi connectivity index (χ3n) is 3.92. The molecule has 3 rings (SSSR count). The summed E-state index contributed by atoms with van der Waals surface area (Å²) in [6.07, 6.45) is 8.49. The predicted octanol–water partition coefficient (Wildman–Crippen LogP) is 4.24. The summed E-state index contributed by atoms with van der Waals surface area (Å²) in [5.41, 5.74) is 2.49. The third kappa shape index (κ3) is 3.11. The Morgan fingerprint density at radius 1 is 0.636 bits per heavy atom. The maximum Gasteiger partial charge on any atom is 0.118 e. The average molecular weight is 291 g/mol. The highest BCUT2D eigenvalue weighted by molar-refractivity contribution is 5.50. The zero-order chi connectivity index (χ0) is 15.4. The highest BCUT2D eigenvalue weighted by Gasteiger charge is 2.29. The smallest absolute Gasteiger partial charge is 0.118 e. The summed E-state index contributed by atoms with van der Waals surface area (Å²) in [5.74, 6) is 3.25. The summed E-state index contributed by atoms with van der Waals surface area (Å²) in [4.78, 5) is 0. The molecule has 1 aliphatic carbocycles. The molecule has 0 aliphatic heterocycles. The Morgan fingerprint density at radius 3 is 1.41 bits per heavy atom. The average Bonchev–Trinajstić information content (AvgIpc) is 3.10. The third-order valence-corrected chi connectivity index (χ3v) is 3.92. The number of hydrogen-bond acceptors (Lipinski definition) is 2. The van der Waals surface area contributed by atoms with Crippen LogP contribution in [0.5, 0.6) is 11.5 Å². The quantitative estimate of drug-likeness (QED) is 0.820. The number of hydrogen-bond donors (Lipinski definition) is 0. The molecule has 5 radical (unpaired) electrons. The maximum absolute atomic E-state index is 5.26. The second kappa shape index (κ2) is 6.87. The minimum atomic E-state index is 0.215. The first-order chi connectivity index (χ1) is 10.8. The van der Waals surface area contributed by atoms with Crippen molar-refractivity contribution in [3.63, 3.8) is 0 Å². The minimum absolute atomic E-state index is 0.215. The molecule has 0 saturated heterocycles. The molecule has 0 bridgehead atoms. The molecule has 111 valence electrons. The van der Waals surface area contributed by atoms with Gasteiger partial charge in [0.25, 0.3) is 0 Å². The first-order valence-corrected chi connectivity index (χ1v) is 7.31. The second-order valence-electron chi connectivity index (χ2n) is 5.20. The topological polar surface area (TPSA) is 18.5 Å². The number of methoxy groups -OCH3 is 2. The van der Waals surface area contributed by atoms with Crippen LogP contribution in [0.15, 0.2) is 48.5 Å². The number of rotatable bonds is 5. The number of benzene rings is 2. The van der Waals surface area contributed by atoms with Gasteiger partial charge in [-0.1, -0.05) is 24.3 Å². The zero-order valence-electron chi connectivity index (χ0n) is 12.8. The van der Waals surface area contributed by atoms with Crippen LogP contribution in [0.1, 0.15) is 17.0 Å². The Morgan fingerprint density at radius 2 is 1.05 bits per heavy atom. The molecule has 22 heavy (non-hydrogen) atoms. The van der Waals surface area contributed by atoms with Crippen molar-refractivity contribution in [1.82, 2.24) is 0 Å². The van der Waals surface area contributed by atoms with E-state index in [1.807, 2.05) is 24.3 Å². The molecule has 2 aromatic rings. The molecule has 1 fully saturated rings. The van der Waals surface area contributed by atoms with E-state index in [9.17, 15) is 0 Å². The van der Waals surface area contributed by atoms with Gasteiger partial charge < -0.3 is 9.47 Å². The van der Waals surface area contributed by atoms with Crippen LogP contribution in [0.3, 0.4) is 0 Å². The molecule has 1 saturated carbocycles. The van der Waals surface area contributed by atoms with Gasteiger partial charge in [0.2, 0.25) is 0 Å².